The van der Waals surface area contributed by atoms with E-state index >= 15 is 0 Å². The van der Waals surface area contributed by atoms with Crippen LogP contribution in [-0.4, -0.2) is 29.6 Å². The van der Waals surface area contributed by atoms with E-state index in [-0.39, 0.29) is 46.5 Å². The molecule has 0 atom stereocenters. The zero-order valence-electron chi connectivity index (χ0n) is 1.43. The summed E-state index contributed by atoms with van der Waals surface area (Å²) >= 11 is 0. The second-order valence-corrected chi connectivity index (χ2v) is 0. The van der Waals surface area contributed by atoms with Gasteiger partial charge in [-0.1, -0.05) is 0 Å². The number of rotatable bonds is 0. The Kier molecular flexibility index (Phi) is 188. The third kappa shape index (κ3) is 12.3. The molecule has 0 rings (SSSR count). The predicted molar refractivity (Wildman–Crippen MR) is 24.1 cm³/mol. The van der Waals surface area contributed by atoms with E-state index in [9.17, 15) is 0 Å². The van der Waals surface area contributed by atoms with Crippen LogP contribution < -0.4 is 0 Å². The number of nitriles is 1. The Bertz CT molecular complexity index is 12.8. The standard InChI is InChI=1S/CHN.BrH.Na.H/c1-2;;;/h1H;1H;;. The minimum absolute atomic E-state index is 0. The van der Waals surface area contributed by atoms with Gasteiger partial charge in [-0.25, -0.2) is 5.26 Å². The maximum absolute atomic E-state index is 6.50. The summed E-state index contributed by atoms with van der Waals surface area (Å²) in [5, 5.41) is 6.50. The molecule has 4 heavy (non-hydrogen) atoms. The van der Waals surface area contributed by atoms with E-state index in [1.807, 2.05) is 0 Å². The molecular formula is CH3BrNNa. The van der Waals surface area contributed by atoms with Gasteiger partial charge in [0.1, 0.15) is 0 Å². The molecule has 0 aliphatic carbocycles. The van der Waals surface area contributed by atoms with Crippen LogP contribution in [0.2, 0.25) is 0 Å². The molecule has 0 aromatic heterocycles. The summed E-state index contributed by atoms with van der Waals surface area (Å²) in [6, 6.07) is 0. The Morgan fingerprint density at radius 3 is 1.25 bits per heavy atom. The Balaban J connectivity index is -0.00000000500. The monoisotopic (exact) mass is 131 g/mol. The van der Waals surface area contributed by atoms with Gasteiger partial charge in [-0.2, -0.15) is 0 Å². The molecule has 0 N–H and O–H groups in total. The van der Waals surface area contributed by atoms with Crippen molar-refractivity contribution in [1.82, 2.24) is 0 Å². The summed E-state index contributed by atoms with van der Waals surface area (Å²) in [6.45, 7) is 3.50. The first-order valence-corrected chi connectivity index (χ1v) is 0.258. The van der Waals surface area contributed by atoms with Crippen molar-refractivity contribution in [3.63, 3.8) is 0 Å². The number of nitrogens with zero attached hydrogens (tertiary/aromatic N) is 1. The minimum atomic E-state index is 0. The van der Waals surface area contributed by atoms with Gasteiger partial charge < -0.3 is 0 Å². The van der Waals surface area contributed by atoms with Gasteiger partial charge in [-0.15, -0.1) is 17.0 Å². The van der Waals surface area contributed by atoms with Crippen molar-refractivity contribution in [2.24, 2.45) is 0 Å². The van der Waals surface area contributed by atoms with Gasteiger partial charge in [0, 0.05) is 6.57 Å². The normalized spacial score (nSPS) is 0.500. The van der Waals surface area contributed by atoms with Gasteiger partial charge in [0.15, 0.2) is 0 Å². The Hall–Kier alpha value is 0.970. The van der Waals surface area contributed by atoms with Crippen molar-refractivity contribution in [3.8, 4) is 6.57 Å². The van der Waals surface area contributed by atoms with Crippen molar-refractivity contribution < 1.29 is 0 Å². The van der Waals surface area contributed by atoms with E-state index in [1.165, 1.54) is 0 Å². The van der Waals surface area contributed by atoms with Crippen molar-refractivity contribution in [3.05, 3.63) is 0 Å². The zero-order chi connectivity index (χ0) is 2.00. The van der Waals surface area contributed by atoms with Crippen molar-refractivity contribution in [2.45, 2.75) is 0 Å². The Labute approximate surface area is 58.1 Å². The molecule has 3 heteroatoms. The summed E-state index contributed by atoms with van der Waals surface area (Å²) in [6.07, 6.45) is 0. The molecule has 1 nitrogen and oxygen atoms in total. The van der Waals surface area contributed by atoms with Gasteiger partial charge in [-0.05, 0) is 0 Å². The van der Waals surface area contributed by atoms with E-state index in [0.29, 0.717) is 0 Å². The zero-order valence-corrected chi connectivity index (χ0v) is 3.15. The van der Waals surface area contributed by atoms with E-state index in [2.05, 4.69) is 6.57 Å². The fourth-order valence-corrected chi connectivity index (χ4v) is 0. The first-order chi connectivity index (χ1) is 1.00. The maximum atomic E-state index is 6.50. The van der Waals surface area contributed by atoms with Crippen molar-refractivity contribution in [2.75, 3.05) is 0 Å². The fraction of sp³-hybridized carbons (Fsp3) is 0. The summed E-state index contributed by atoms with van der Waals surface area (Å²) in [5.74, 6) is 0. The van der Waals surface area contributed by atoms with Crippen LogP contribution in [0.15, 0.2) is 0 Å². The van der Waals surface area contributed by atoms with E-state index in [1.54, 1.807) is 0 Å². The molecule has 0 spiro atoms. The molecule has 0 radical (unpaired) electrons. The summed E-state index contributed by atoms with van der Waals surface area (Å²) < 4.78 is 0. The van der Waals surface area contributed by atoms with Gasteiger partial charge in [0.2, 0.25) is 0 Å². The summed E-state index contributed by atoms with van der Waals surface area (Å²) in [7, 11) is 0. The van der Waals surface area contributed by atoms with Crippen LogP contribution in [0.1, 0.15) is 0 Å². The van der Waals surface area contributed by atoms with E-state index in [4.69, 9.17) is 5.26 Å². The fourth-order valence-electron chi connectivity index (χ4n) is 0. The SMILES string of the molecule is Br.C#N.[NaH]. The molecule has 0 saturated heterocycles. The topological polar surface area (TPSA) is 23.8 Å². The second-order valence-electron chi connectivity index (χ2n) is 0. The third-order valence-corrected chi connectivity index (χ3v) is 0. The molecule has 0 saturated carbocycles. The van der Waals surface area contributed by atoms with Crippen LogP contribution in [0.25, 0.3) is 0 Å². The molecular weight excluding hydrogens is 129 g/mol. The predicted octanol–water partition coefficient (Wildman–Crippen LogP) is 0.0692. The van der Waals surface area contributed by atoms with Crippen LogP contribution in [0, 0.1) is 11.8 Å². The first-order valence-electron chi connectivity index (χ1n) is 0.258. The van der Waals surface area contributed by atoms with E-state index in [0.717, 1.165) is 0 Å². The first kappa shape index (κ1) is 20.2. The molecule has 0 aromatic rings. The molecule has 0 aliphatic rings. The molecule has 0 aliphatic heterocycles. The van der Waals surface area contributed by atoms with E-state index < -0.39 is 0 Å². The van der Waals surface area contributed by atoms with Crippen molar-refractivity contribution >= 4 is 46.5 Å². The quantitative estimate of drug-likeness (QED) is 0.428. The van der Waals surface area contributed by atoms with Gasteiger partial charge in [-0.3, -0.25) is 0 Å². The molecule has 20 valence electrons. The van der Waals surface area contributed by atoms with Crippen LogP contribution in [-0.2, 0) is 0 Å². The van der Waals surface area contributed by atoms with Crippen LogP contribution in [0.3, 0.4) is 0 Å². The third-order valence-electron chi connectivity index (χ3n) is 0. The molecule has 0 unspecified atom stereocenters. The molecule has 0 bridgehead atoms. The molecule has 0 aromatic carbocycles. The Morgan fingerprint density at radius 1 is 1.25 bits per heavy atom. The summed E-state index contributed by atoms with van der Waals surface area (Å²) in [5.41, 5.74) is 0. The number of hydrogen-bond acceptors (Lipinski definition) is 1. The average Bonchev–Trinajstić information content (AvgIpc) is 1.00. The second kappa shape index (κ2) is 37.2. The molecule has 0 fully saturated rings. The number of hydrogen-bond donors (Lipinski definition) is 0. The average molecular weight is 132 g/mol. The van der Waals surface area contributed by atoms with Gasteiger partial charge in [0.25, 0.3) is 0 Å². The number of halogens is 1. The molecule has 0 heterocycles. The van der Waals surface area contributed by atoms with Crippen LogP contribution >= 0.6 is 17.0 Å². The van der Waals surface area contributed by atoms with Crippen LogP contribution in [0.4, 0.5) is 0 Å². The van der Waals surface area contributed by atoms with Crippen LogP contribution in [0.5, 0.6) is 0 Å². The molecule has 0 amide bonds. The Morgan fingerprint density at radius 2 is 1.25 bits per heavy atom. The van der Waals surface area contributed by atoms with Crippen molar-refractivity contribution in [1.29, 1.82) is 5.26 Å². The van der Waals surface area contributed by atoms with Gasteiger partial charge >= 0.3 is 29.6 Å². The summed E-state index contributed by atoms with van der Waals surface area (Å²) in [4.78, 5) is 0. The van der Waals surface area contributed by atoms with Gasteiger partial charge in [0.05, 0.1) is 0 Å².